The molecule has 0 bridgehead atoms. The van der Waals surface area contributed by atoms with Crippen molar-refractivity contribution < 1.29 is 4.74 Å². The Morgan fingerprint density at radius 1 is 1.85 bits per heavy atom. The van der Waals surface area contributed by atoms with E-state index in [-0.39, 0.29) is 11.9 Å². The third-order valence-electron chi connectivity index (χ3n) is 1.86. The molecule has 72 valence electrons. The molecule has 1 unspecified atom stereocenters. The number of rotatable bonds is 4. The third-order valence-corrected chi connectivity index (χ3v) is 1.86. The Hall–Kier alpha value is -1.36. The molecule has 0 radical (unpaired) electrons. The second-order valence-corrected chi connectivity index (χ2v) is 2.69. The van der Waals surface area contributed by atoms with Crippen LogP contribution in [0.4, 0.5) is 0 Å². The first kappa shape index (κ1) is 9.73. The Morgan fingerprint density at radius 2 is 2.62 bits per heavy atom. The fourth-order valence-electron chi connectivity index (χ4n) is 1.08. The third kappa shape index (κ3) is 2.55. The molecule has 1 atom stereocenters. The van der Waals surface area contributed by atoms with Gasteiger partial charge in [0.2, 0.25) is 0 Å². The molecule has 1 aromatic heterocycles. The first-order valence-electron chi connectivity index (χ1n) is 4.05. The maximum atomic E-state index is 7.48. The number of H-pyrrole nitrogens is 1. The molecule has 0 fully saturated rings. The lowest BCUT2D eigenvalue weighted by atomic mass is 10.1. The monoisotopic (exact) mass is 182 g/mol. The minimum Gasteiger partial charge on any atom is -0.483 e. The van der Waals surface area contributed by atoms with Gasteiger partial charge in [-0.3, -0.25) is 5.41 Å². The fourth-order valence-corrected chi connectivity index (χ4v) is 1.08. The van der Waals surface area contributed by atoms with Crippen molar-refractivity contribution >= 4 is 5.90 Å². The summed E-state index contributed by atoms with van der Waals surface area (Å²) in [6.45, 7) is 0. The van der Waals surface area contributed by atoms with Crippen molar-refractivity contribution in [1.29, 1.82) is 5.41 Å². The highest BCUT2D eigenvalue weighted by molar-refractivity contribution is 5.78. The van der Waals surface area contributed by atoms with Crippen molar-refractivity contribution in [2.75, 3.05) is 14.2 Å². The maximum Gasteiger partial charge on any atom is 0.198 e. The van der Waals surface area contributed by atoms with Crippen LogP contribution in [0.1, 0.15) is 5.69 Å². The Balaban J connectivity index is 2.54. The van der Waals surface area contributed by atoms with Gasteiger partial charge in [-0.25, -0.2) is 4.98 Å². The second kappa shape index (κ2) is 4.61. The number of hydrogen-bond acceptors (Lipinski definition) is 4. The van der Waals surface area contributed by atoms with E-state index >= 15 is 0 Å². The minimum absolute atomic E-state index is 0.0922. The van der Waals surface area contributed by atoms with Crippen LogP contribution < -0.4 is 5.32 Å². The van der Waals surface area contributed by atoms with Gasteiger partial charge in [0.15, 0.2) is 5.90 Å². The van der Waals surface area contributed by atoms with Gasteiger partial charge in [-0.1, -0.05) is 0 Å². The van der Waals surface area contributed by atoms with Crippen molar-refractivity contribution in [3.8, 4) is 0 Å². The summed E-state index contributed by atoms with van der Waals surface area (Å²) in [7, 11) is 3.30. The SMILES string of the molecule is CNC(Cc1cnc[nH]1)C(=N)OC. The molecular formula is C8H14N4O. The first-order chi connectivity index (χ1) is 6.27. The summed E-state index contributed by atoms with van der Waals surface area (Å²) in [5.74, 6) is 0.233. The van der Waals surface area contributed by atoms with E-state index in [0.717, 1.165) is 5.69 Å². The Kier molecular flexibility index (Phi) is 3.45. The maximum absolute atomic E-state index is 7.48. The number of aromatic nitrogens is 2. The second-order valence-electron chi connectivity index (χ2n) is 2.69. The largest absolute Gasteiger partial charge is 0.483 e. The van der Waals surface area contributed by atoms with Crippen molar-refractivity contribution in [2.24, 2.45) is 0 Å². The summed E-state index contributed by atoms with van der Waals surface area (Å²) in [4.78, 5) is 6.88. The fraction of sp³-hybridized carbons (Fsp3) is 0.500. The summed E-state index contributed by atoms with van der Waals surface area (Å²) < 4.78 is 4.84. The van der Waals surface area contributed by atoms with Gasteiger partial charge in [0.25, 0.3) is 0 Å². The Morgan fingerprint density at radius 3 is 3.08 bits per heavy atom. The molecule has 5 nitrogen and oxygen atoms in total. The number of ether oxygens (including phenoxy) is 1. The number of nitrogens with one attached hydrogen (secondary N) is 3. The zero-order chi connectivity index (χ0) is 9.68. The lowest BCUT2D eigenvalue weighted by Crippen LogP contribution is -2.36. The molecule has 1 heterocycles. The van der Waals surface area contributed by atoms with Crippen molar-refractivity contribution in [2.45, 2.75) is 12.5 Å². The van der Waals surface area contributed by atoms with Gasteiger partial charge in [0, 0.05) is 18.3 Å². The van der Waals surface area contributed by atoms with E-state index in [1.165, 1.54) is 7.11 Å². The van der Waals surface area contributed by atoms with Gasteiger partial charge in [0.1, 0.15) is 0 Å². The number of methoxy groups -OCH3 is 1. The minimum atomic E-state index is -0.0922. The highest BCUT2D eigenvalue weighted by Crippen LogP contribution is 1.99. The van der Waals surface area contributed by atoms with Crippen LogP contribution >= 0.6 is 0 Å². The zero-order valence-corrected chi connectivity index (χ0v) is 7.79. The van der Waals surface area contributed by atoms with Crippen LogP contribution in [0, 0.1) is 5.41 Å². The van der Waals surface area contributed by atoms with E-state index in [2.05, 4.69) is 15.3 Å². The summed E-state index contributed by atoms with van der Waals surface area (Å²) >= 11 is 0. The van der Waals surface area contributed by atoms with Crippen LogP contribution in [0.2, 0.25) is 0 Å². The number of aromatic amines is 1. The molecule has 13 heavy (non-hydrogen) atoms. The topological polar surface area (TPSA) is 73.8 Å². The average Bonchev–Trinajstić information content (AvgIpc) is 2.65. The molecule has 0 amide bonds. The zero-order valence-electron chi connectivity index (χ0n) is 7.79. The molecule has 0 saturated carbocycles. The van der Waals surface area contributed by atoms with Crippen LogP contribution in [-0.2, 0) is 11.2 Å². The van der Waals surface area contributed by atoms with Gasteiger partial charge >= 0.3 is 0 Å². The summed E-state index contributed by atoms with van der Waals surface area (Å²) in [6, 6.07) is -0.0922. The van der Waals surface area contributed by atoms with Crippen molar-refractivity contribution in [1.82, 2.24) is 15.3 Å². The Bertz CT molecular complexity index is 257. The molecule has 0 aliphatic carbocycles. The van der Waals surface area contributed by atoms with Gasteiger partial charge in [-0.2, -0.15) is 0 Å². The van der Waals surface area contributed by atoms with E-state index in [0.29, 0.717) is 6.42 Å². The molecular weight excluding hydrogens is 168 g/mol. The lowest BCUT2D eigenvalue weighted by Gasteiger charge is -2.14. The highest BCUT2D eigenvalue weighted by Gasteiger charge is 2.13. The van der Waals surface area contributed by atoms with Gasteiger partial charge in [0.05, 0.1) is 19.5 Å². The van der Waals surface area contributed by atoms with Gasteiger partial charge in [-0.05, 0) is 7.05 Å². The molecule has 0 spiro atoms. The predicted molar refractivity (Wildman–Crippen MR) is 49.9 cm³/mol. The summed E-state index contributed by atoms with van der Waals surface area (Å²) in [5.41, 5.74) is 0.987. The van der Waals surface area contributed by atoms with Crippen LogP contribution in [0.15, 0.2) is 12.5 Å². The molecule has 0 aliphatic rings. The summed E-state index contributed by atoms with van der Waals surface area (Å²) in [5, 5.41) is 10.5. The first-order valence-corrected chi connectivity index (χ1v) is 4.05. The van der Waals surface area contributed by atoms with E-state index in [1.54, 1.807) is 19.6 Å². The molecule has 0 aliphatic heterocycles. The Labute approximate surface area is 77.0 Å². The average molecular weight is 182 g/mol. The van der Waals surface area contributed by atoms with E-state index in [9.17, 15) is 0 Å². The highest BCUT2D eigenvalue weighted by atomic mass is 16.5. The van der Waals surface area contributed by atoms with Crippen LogP contribution in [0.5, 0.6) is 0 Å². The number of hydrogen-bond donors (Lipinski definition) is 3. The molecule has 0 saturated heterocycles. The van der Waals surface area contributed by atoms with Crippen molar-refractivity contribution in [3.05, 3.63) is 18.2 Å². The van der Waals surface area contributed by atoms with E-state index in [4.69, 9.17) is 10.1 Å². The van der Waals surface area contributed by atoms with Crippen LogP contribution in [0.25, 0.3) is 0 Å². The van der Waals surface area contributed by atoms with Crippen LogP contribution in [-0.4, -0.2) is 36.1 Å². The molecule has 5 heteroatoms. The normalized spacial score (nSPS) is 12.5. The van der Waals surface area contributed by atoms with Crippen molar-refractivity contribution in [3.63, 3.8) is 0 Å². The number of likely N-dealkylation sites (N-methyl/N-ethyl adjacent to an activating group) is 1. The van der Waals surface area contributed by atoms with Crippen LogP contribution in [0.3, 0.4) is 0 Å². The van der Waals surface area contributed by atoms with Gasteiger partial charge < -0.3 is 15.0 Å². The lowest BCUT2D eigenvalue weighted by molar-refractivity contribution is 0.367. The molecule has 3 N–H and O–H groups in total. The molecule has 0 aromatic carbocycles. The quantitative estimate of drug-likeness (QED) is 0.459. The molecule has 1 aromatic rings. The summed E-state index contributed by atoms with van der Waals surface area (Å²) in [6.07, 6.45) is 4.05. The smallest absolute Gasteiger partial charge is 0.198 e. The predicted octanol–water partition coefficient (Wildman–Crippen LogP) is 0.164. The number of imidazole rings is 1. The standard InChI is InChI=1S/C8H14N4O/c1-10-7(8(9)13-2)3-6-4-11-5-12-6/h4-5,7,9-10H,3H2,1-2H3,(H,11,12). The van der Waals surface area contributed by atoms with Gasteiger partial charge in [-0.15, -0.1) is 0 Å². The number of nitrogens with zero attached hydrogens (tertiary/aromatic N) is 1. The van der Waals surface area contributed by atoms with E-state index in [1.807, 2.05) is 0 Å². The van der Waals surface area contributed by atoms with E-state index < -0.39 is 0 Å². The molecule has 1 rings (SSSR count).